The highest BCUT2D eigenvalue weighted by Gasteiger charge is 2.66. The van der Waals surface area contributed by atoms with E-state index in [9.17, 15) is 14.7 Å². The zero-order valence-electron chi connectivity index (χ0n) is 15.2. The number of ketones is 1. The predicted octanol–water partition coefficient (Wildman–Crippen LogP) is 1.98. The van der Waals surface area contributed by atoms with Crippen molar-refractivity contribution in [2.45, 2.75) is 62.0 Å². The van der Waals surface area contributed by atoms with Crippen molar-refractivity contribution in [1.82, 2.24) is 4.90 Å². The number of ether oxygens (including phenoxy) is 1. The Morgan fingerprint density at radius 2 is 2.12 bits per heavy atom. The topological polar surface area (TPSA) is 66.8 Å². The first-order valence-electron chi connectivity index (χ1n) is 9.71. The minimum Gasteiger partial charge on any atom is -0.496 e. The van der Waals surface area contributed by atoms with Gasteiger partial charge in [-0.1, -0.05) is 12.1 Å². The molecule has 5 heteroatoms. The molecule has 1 saturated heterocycles. The van der Waals surface area contributed by atoms with Crippen molar-refractivity contribution in [3.05, 3.63) is 29.3 Å². The summed E-state index contributed by atoms with van der Waals surface area (Å²) in [4.78, 5) is 27.3. The molecule has 0 spiro atoms. The molecule has 2 saturated carbocycles. The van der Waals surface area contributed by atoms with Crippen molar-refractivity contribution < 1.29 is 19.4 Å². The molecule has 5 nitrogen and oxygen atoms in total. The number of nitrogens with zero attached hydrogens (tertiary/aromatic N) is 1. The van der Waals surface area contributed by atoms with Crippen molar-refractivity contribution in [1.29, 1.82) is 0 Å². The number of aliphatic hydroxyl groups is 1. The van der Waals surface area contributed by atoms with Crippen LogP contribution in [0.4, 0.5) is 0 Å². The number of hydrogen-bond donors (Lipinski definition) is 1. The maximum atomic E-state index is 12.9. The van der Waals surface area contributed by atoms with Gasteiger partial charge in [-0.3, -0.25) is 9.59 Å². The Morgan fingerprint density at radius 3 is 2.85 bits per heavy atom. The average molecular weight is 355 g/mol. The maximum absolute atomic E-state index is 12.9. The number of carbonyl (C=O) groups excluding carboxylic acids is 2. The summed E-state index contributed by atoms with van der Waals surface area (Å²) in [5, 5.41) is 12.0. The van der Waals surface area contributed by atoms with Crippen LogP contribution in [0.3, 0.4) is 0 Å². The van der Waals surface area contributed by atoms with E-state index in [1.54, 1.807) is 7.11 Å². The summed E-state index contributed by atoms with van der Waals surface area (Å²) >= 11 is 0. The summed E-state index contributed by atoms with van der Waals surface area (Å²) in [5.41, 5.74) is 0.439. The van der Waals surface area contributed by atoms with E-state index in [1.807, 2.05) is 17.0 Å². The van der Waals surface area contributed by atoms with E-state index in [2.05, 4.69) is 6.07 Å². The molecule has 4 aliphatic rings. The van der Waals surface area contributed by atoms with Gasteiger partial charge in [-0.25, -0.2) is 0 Å². The Hall–Kier alpha value is -1.88. The van der Waals surface area contributed by atoms with Crippen molar-refractivity contribution in [3.63, 3.8) is 0 Å². The lowest BCUT2D eigenvalue weighted by Gasteiger charge is -2.63. The molecule has 26 heavy (non-hydrogen) atoms. The van der Waals surface area contributed by atoms with E-state index in [4.69, 9.17) is 4.74 Å². The second-order valence-electron chi connectivity index (χ2n) is 8.49. The summed E-state index contributed by atoms with van der Waals surface area (Å²) in [5.74, 6) is 1.30. The van der Waals surface area contributed by atoms with Gasteiger partial charge in [0.25, 0.3) is 0 Å². The number of amides is 1. The van der Waals surface area contributed by atoms with Crippen molar-refractivity contribution in [2.24, 2.45) is 5.92 Å². The van der Waals surface area contributed by atoms with Gasteiger partial charge in [-0.15, -0.1) is 0 Å². The Kier molecular flexibility index (Phi) is 3.34. The van der Waals surface area contributed by atoms with E-state index in [-0.39, 0.29) is 23.7 Å². The number of fused-ring (bicyclic) bond motifs is 1. The second kappa shape index (κ2) is 5.32. The molecule has 1 unspecified atom stereocenters. The Labute approximate surface area is 153 Å². The molecular weight excluding hydrogens is 330 g/mol. The van der Waals surface area contributed by atoms with Gasteiger partial charge in [-0.05, 0) is 43.7 Å². The molecule has 1 N–H and O–H groups in total. The third-order valence-corrected chi connectivity index (χ3v) is 7.25. The van der Waals surface area contributed by atoms with Crippen LogP contribution in [-0.2, 0) is 21.4 Å². The van der Waals surface area contributed by atoms with Crippen molar-refractivity contribution in [3.8, 4) is 5.75 Å². The molecule has 138 valence electrons. The van der Waals surface area contributed by atoms with E-state index >= 15 is 0 Å². The number of Topliss-reactive ketones (excluding diaryl/α,β-unsaturated/α-hetero) is 1. The van der Waals surface area contributed by atoms with Gasteiger partial charge < -0.3 is 14.7 Å². The number of methoxy groups -OCH3 is 1. The molecule has 2 bridgehead atoms. The molecule has 1 aliphatic heterocycles. The normalized spacial score (nSPS) is 35.5. The molecule has 3 aliphatic carbocycles. The van der Waals surface area contributed by atoms with Crippen molar-refractivity contribution in [2.75, 3.05) is 13.7 Å². The third kappa shape index (κ3) is 1.95. The third-order valence-electron chi connectivity index (χ3n) is 7.25. The number of carbonyl (C=O) groups is 2. The van der Waals surface area contributed by atoms with E-state index in [0.717, 1.165) is 29.7 Å². The minimum absolute atomic E-state index is 0.142. The fourth-order valence-electron chi connectivity index (χ4n) is 5.87. The SMILES string of the molecule is COc1cccc2c1[C@]13CCN(C(=O)C4CC4)[C@H](C2)C1(O)CCC(=O)C3. The van der Waals surface area contributed by atoms with Gasteiger partial charge in [0.1, 0.15) is 11.5 Å². The monoisotopic (exact) mass is 355 g/mol. The first-order valence-corrected chi connectivity index (χ1v) is 9.71. The fourth-order valence-corrected chi connectivity index (χ4v) is 5.87. The highest BCUT2D eigenvalue weighted by Crippen LogP contribution is 2.59. The Bertz CT molecular complexity index is 801. The smallest absolute Gasteiger partial charge is 0.226 e. The summed E-state index contributed by atoms with van der Waals surface area (Å²) in [7, 11) is 1.65. The fraction of sp³-hybridized carbons (Fsp3) is 0.619. The minimum atomic E-state index is -1.05. The summed E-state index contributed by atoms with van der Waals surface area (Å²) < 4.78 is 5.65. The lowest BCUT2D eigenvalue weighted by atomic mass is 9.49. The van der Waals surface area contributed by atoms with Crippen molar-refractivity contribution >= 4 is 11.7 Å². The van der Waals surface area contributed by atoms with Crippen LogP contribution in [0.15, 0.2) is 18.2 Å². The van der Waals surface area contributed by atoms with Crippen LogP contribution in [0.5, 0.6) is 5.75 Å². The van der Waals surface area contributed by atoms with Gasteiger partial charge in [0.15, 0.2) is 0 Å². The van der Waals surface area contributed by atoms with Crippen LogP contribution in [0.1, 0.15) is 49.7 Å². The van der Waals surface area contributed by atoms with E-state index < -0.39 is 11.0 Å². The molecule has 5 rings (SSSR count). The number of hydrogen-bond acceptors (Lipinski definition) is 4. The van der Waals surface area contributed by atoms with Crippen LogP contribution in [0, 0.1) is 5.92 Å². The predicted molar refractivity (Wildman–Crippen MR) is 95.0 cm³/mol. The van der Waals surface area contributed by atoms with Crippen LogP contribution in [0.25, 0.3) is 0 Å². The number of benzene rings is 1. The quantitative estimate of drug-likeness (QED) is 0.881. The molecule has 1 amide bonds. The first kappa shape index (κ1) is 16.3. The Morgan fingerprint density at radius 1 is 1.31 bits per heavy atom. The number of likely N-dealkylation sites (tertiary alicyclic amines) is 1. The van der Waals surface area contributed by atoms with Gasteiger partial charge in [0.05, 0.1) is 18.8 Å². The lowest BCUT2D eigenvalue weighted by molar-refractivity contribution is -0.181. The molecule has 3 fully saturated rings. The van der Waals surface area contributed by atoms with Gasteiger partial charge in [-0.2, -0.15) is 0 Å². The highest BCUT2D eigenvalue weighted by molar-refractivity contribution is 5.85. The average Bonchev–Trinajstić information content (AvgIpc) is 3.46. The van der Waals surface area contributed by atoms with E-state index in [0.29, 0.717) is 38.6 Å². The highest BCUT2D eigenvalue weighted by atomic mass is 16.5. The summed E-state index contributed by atoms with van der Waals surface area (Å²) in [6.07, 6.45) is 4.37. The molecular formula is C21H25NO4. The largest absolute Gasteiger partial charge is 0.496 e. The molecule has 0 aromatic heterocycles. The molecule has 3 atom stereocenters. The zero-order chi connectivity index (χ0) is 18.1. The molecule has 0 radical (unpaired) electrons. The standard InChI is InChI=1S/C21H25NO4/c1-26-16-4-2-3-14-11-17-21(25)8-7-15(23)12-20(21,18(14)16)9-10-22(17)19(24)13-5-6-13/h2-4,13,17,25H,5-12H2,1H3/t17-,20-,21?/m1/s1. The molecule has 1 aromatic rings. The van der Waals surface area contributed by atoms with E-state index in [1.165, 1.54) is 0 Å². The Balaban J connectivity index is 1.70. The summed E-state index contributed by atoms with van der Waals surface area (Å²) in [6, 6.07) is 5.72. The summed E-state index contributed by atoms with van der Waals surface area (Å²) in [6.45, 7) is 0.618. The number of piperidine rings is 1. The van der Waals surface area contributed by atoms with Crippen LogP contribution < -0.4 is 4.74 Å². The van der Waals surface area contributed by atoms with Crippen LogP contribution in [0.2, 0.25) is 0 Å². The first-order chi connectivity index (χ1) is 12.5. The number of rotatable bonds is 2. The maximum Gasteiger partial charge on any atom is 0.226 e. The van der Waals surface area contributed by atoms with Gasteiger partial charge >= 0.3 is 0 Å². The second-order valence-corrected chi connectivity index (χ2v) is 8.49. The molecule has 1 aromatic carbocycles. The van der Waals surface area contributed by atoms with Gasteiger partial charge in [0.2, 0.25) is 5.91 Å². The lowest BCUT2D eigenvalue weighted by Crippen LogP contribution is -2.74. The molecule has 1 heterocycles. The van der Waals surface area contributed by atoms with Crippen LogP contribution in [-0.4, -0.2) is 47.0 Å². The van der Waals surface area contributed by atoms with Gasteiger partial charge in [0, 0.05) is 36.3 Å². The zero-order valence-corrected chi connectivity index (χ0v) is 15.2. The van der Waals surface area contributed by atoms with Crippen LogP contribution >= 0.6 is 0 Å².